The van der Waals surface area contributed by atoms with Crippen molar-refractivity contribution in [1.82, 2.24) is 4.98 Å². The van der Waals surface area contributed by atoms with Crippen molar-refractivity contribution in [3.05, 3.63) is 65.4 Å². The fourth-order valence-corrected chi connectivity index (χ4v) is 3.22. The molecule has 0 unspecified atom stereocenters. The predicted molar refractivity (Wildman–Crippen MR) is 82.0 cm³/mol. The summed E-state index contributed by atoms with van der Waals surface area (Å²) in [6, 6.07) is 15.5. The molecular weight excluding hydrogens is 288 g/mol. The van der Waals surface area contributed by atoms with Crippen molar-refractivity contribution in [3.63, 3.8) is 0 Å². The Kier molecular flexibility index (Phi) is 3.60. The molecule has 20 heavy (non-hydrogen) atoms. The molecule has 1 heterocycles. The van der Waals surface area contributed by atoms with E-state index in [1.807, 2.05) is 30.5 Å². The van der Waals surface area contributed by atoms with Crippen molar-refractivity contribution < 1.29 is 0 Å². The number of pyridine rings is 1. The molecule has 0 saturated heterocycles. The van der Waals surface area contributed by atoms with Gasteiger partial charge in [-0.05, 0) is 35.7 Å². The highest BCUT2D eigenvalue weighted by atomic mass is 35.5. The minimum atomic E-state index is 0.571. The number of hydrogen-bond acceptors (Lipinski definition) is 3. The van der Waals surface area contributed by atoms with E-state index in [1.165, 1.54) is 0 Å². The number of rotatable bonds is 2. The fourth-order valence-electron chi connectivity index (χ4n) is 1.95. The van der Waals surface area contributed by atoms with E-state index in [-0.39, 0.29) is 0 Å². The number of aromatic nitrogens is 1. The maximum atomic E-state index is 8.86. The van der Waals surface area contributed by atoms with E-state index in [9.17, 15) is 0 Å². The molecule has 4 heteroatoms. The molecule has 0 amide bonds. The Morgan fingerprint density at radius 1 is 1.10 bits per heavy atom. The van der Waals surface area contributed by atoms with E-state index in [0.717, 1.165) is 20.6 Å². The number of fused-ring (bicyclic) bond motifs is 1. The van der Waals surface area contributed by atoms with Gasteiger partial charge in [0.2, 0.25) is 0 Å². The van der Waals surface area contributed by atoms with Crippen LogP contribution in [0.4, 0.5) is 0 Å². The Labute approximate surface area is 126 Å². The summed E-state index contributed by atoms with van der Waals surface area (Å²) in [5.41, 5.74) is 0.571. The van der Waals surface area contributed by atoms with Gasteiger partial charge in [-0.3, -0.25) is 4.98 Å². The topological polar surface area (TPSA) is 36.7 Å². The molecule has 1 aromatic heterocycles. The lowest BCUT2D eigenvalue weighted by Gasteiger charge is -2.07. The normalized spacial score (nSPS) is 10.4. The summed E-state index contributed by atoms with van der Waals surface area (Å²) in [7, 11) is 0. The molecule has 2 aromatic carbocycles. The van der Waals surface area contributed by atoms with Gasteiger partial charge in [0.05, 0.1) is 16.7 Å². The van der Waals surface area contributed by atoms with Gasteiger partial charge in [0.1, 0.15) is 0 Å². The Hall–Kier alpha value is -2.02. The summed E-state index contributed by atoms with van der Waals surface area (Å²) < 4.78 is 0. The van der Waals surface area contributed by atoms with Crippen molar-refractivity contribution >= 4 is 34.1 Å². The molecule has 3 rings (SSSR count). The van der Waals surface area contributed by atoms with Crippen molar-refractivity contribution in [2.45, 2.75) is 9.79 Å². The molecule has 0 N–H and O–H groups in total. The quantitative estimate of drug-likeness (QED) is 0.674. The number of nitriles is 1. The number of benzene rings is 2. The molecule has 0 radical (unpaired) electrons. The van der Waals surface area contributed by atoms with Gasteiger partial charge in [-0.25, -0.2) is 0 Å². The number of nitrogens with zero attached hydrogens (tertiary/aromatic N) is 2. The van der Waals surface area contributed by atoms with E-state index in [2.05, 4.69) is 17.1 Å². The van der Waals surface area contributed by atoms with Crippen molar-refractivity contribution in [1.29, 1.82) is 5.26 Å². The van der Waals surface area contributed by atoms with Crippen LogP contribution in [0.15, 0.2) is 64.6 Å². The van der Waals surface area contributed by atoms with E-state index < -0.39 is 0 Å². The monoisotopic (exact) mass is 296 g/mol. The Bertz CT molecular complexity index is 819. The largest absolute Gasteiger partial charge is 0.264 e. The van der Waals surface area contributed by atoms with Gasteiger partial charge in [0, 0.05) is 27.6 Å². The van der Waals surface area contributed by atoms with Crippen molar-refractivity contribution in [2.24, 2.45) is 0 Å². The first-order chi connectivity index (χ1) is 9.78. The van der Waals surface area contributed by atoms with Crippen LogP contribution in [0.1, 0.15) is 5.56 Å². The summed E-state index contributed by atoms with van der Waals surface area (Å²) in [5.74, 6) is 0. The van der Waals surface area contributed by atoms with Gasteiger partial charge in [0.15, 0.2) is 0 Å². The van der Waals surface area contributed by atoms with Crippen LogP contribution in [-0.2, 0) is 0 Å². The minimum Gasteiger partial charge on any atom is -0.264 e. The predicted octanol–water partition coefficient (Wildman–Crippen LogP) is 4.91. The summed E-state index contributed by atoms with van der Waals surface area (Å²) in [6.07, 6.45) is 3.63. The molecule has 0 bridgehead atoms. The maximum Gasteiger partial charge on any atom is 0.0992 e. The van der Waals surface area contributed by atoms with Crippen LogP contribution in [0.25, 0.3) is 10.8 Å². The zero-order valence-electron chi connectivity index (χ0n) is 10.4. The molecule has 0 aliphatic heterocycles. The van der Waals surface area contributed by atoms with Crippen LogP contribution in [0.3, 0.4) is 0 Å². The molecule has 3 aromatic rings. The van der Waals surface area contributed by atoms with Crippen molar-refractivity contribution in [2.75, 3.05) is 0 Å². The highest BCUT2D eigenvalue weighted by Gasteiger charge is 2.07. The lowest BCUT2D eigenvalue weighted by atomic mass is 10.2. The smallest absolute Gasteiger partial charge is 0.0992 e. The summed E-state index contributed by atoms with van der Waals surface area (Å²) >= 11 is 7.82. The van der Waals surface area contributed by atoms with Gasteiger partial charge in [-0.2, -0.15) is 5.26 Å². The molecule has 2 nitrogen and oxygen atoms in total. The molecule has 96 valence electrons. The molecular formula is C16H9ClN2S. The van der Waals surface area contributed by atoms with Crippen LogP contribution in [0.2, 0.25) is 5.02 Å². The minimum absolute atomic E-state index is 0.571. The van der Waals surface area contributed by atoms with Gasteiger partial charge in [-0.15, -0.1) is 0 Å². The van der Waals surface area contributed by atoms with Crippen LogP contribution in [0.5, 0.6) is 0 Å². The second kappa shape index (κ2) is 5.54. The molecule has 0 atom stereocenters. The van der Waals surface area contributed by atoms with Gasteiger partial charge in [-0.1, -0.05) is 35.5 Å². The highest BCUT2D eigenvalue weighted by Crippen LogP contribution is 2.37. The lowest BCUT2D eigenvalue weighted by molar-refractivity contribution is 1.35. The van der Waals surface area contributed by atoms with Crippen LogP contribution >= 0.6 is 23.4 Å². The van der Waals surface area contributed by atoms with Gasteiger partial charge >= 0.3 is 0 Å². The van der Waals surface area contributed by atoms with Gasteiger partial charge in [0.25, 0.3) is 0 Å². The maximum absolute atomic E-state index is 8.86. The van der Waals surface area contributed by atoms with Crippen LogP contribution in [0, 0.1) is 11.3 Å². The first-order valence-corrected chi connectivity index (χ1v) is 7.17. The van der Waals surface area contributed by atoms with Crippen molar-refractivity contribution in [3.8, 4) is 6.07 Å². The number of hydrogen-bond donors (Lipinski definition) is 0. The molecule has 0 spiro atoms. The van der Waals surface area contributed by atoms with E-state index in [1.54, 1.807) is 30.1 Å². The second-order valence-electron chi connectivity index (χ2n) is 4.21. The zero-order valence-corrected chi connectivity index (χ0v) is 11.9. The zero-order chi connectivity index (χ0) is 13.9. The van der Waals surface area contributed by atoms with Crippen LogP contribution < -0.4 is 0 Å². The van der Waals surface area contributed by atoms with Gasteiger partial charge < -0.3 is 0 Å². The third-order valence-electron chi connectivity index (χ3n) is 2.92. The third kappa shape index (κ3) is 2.49. The van der Waals surface area contributed by atoms with E-state index >= 15 is 0 Å². The molecule has 0 aliphatic rings. The van der Waals surface area contributed by atoms with E-state index in [0.29, 0.717) is 10.6 Å². The molecule has 0 saturated carbocycles. The Balaban J connectivity index is 2.04. The highest BCUT2D eigenvalue weighted by molar-refractivity contribution is 7.99. The first kappa shape index (κ1) is 13.0. The summed E-state index contributed by atoms with van der Waals surface area (Å²) in [6.45, 7) is 0. The Morgan fingerprint density at radius 3 is 2.80 bits per heavy atom. The third-order valence-corrected chi connectivity index (χ3v) is 4.50. The summed E-state index contributed by atoms with van der Waals surface area (Å²) in [4.78, 5) is 6.19. The standard InChI is InChI=1S/C16H9ClN2S/c17-14-8-11(9-18)4-5-16(14)20-15-3-1-2-12-10-19-7-6-13(12)15/h1-8,10H. The molecule has 0 aliphatic carbocycles. The summed E-state index contributed by atoms with van der Waals surface area (Å²) in [5, 5.41) is 11.7. The Morgan fingerprint density at radius 2 is 2.00 bits per heavy atom. The molecule has 0 fully saturated rings. The van der Waals surface area contributed by atoms with E-state index in [4.69, 9.17) is 16.9 Å². The fraction of sp³-hybridized carbons (Fsp3) is 0. The second-order valence-corrected chi connectivity index (χ2v) is 5.70. The lowest BCUT2D eigenvalue weighted by Crippen LogP contribution is -1.82. The average Bonchev–Trinajstić information content (AvgIpc) is 2.49. The first-order valence-electron chi connectivity index (χ1n) is 5.98. The SMILES string of the molecule is N#Cc1ccc(Sc2cccc3cnccc23)c(Cl)c1. The number of halogens is 1. The average molecular weight is 297 g/mol. The van der Waals surface area contributed by atoms with Crippen LogP contribution in [-0.4, -0.2) is 4.98 Å².